The zero-order valence-corrected chi connectivity index (χ0v) is 7.77. The maximum absolute atomic E-state index is 11.2. The Morgan fingerprint density at radius 1 is 1.20 bits per heavy atom. The van der Waals surface area contributed by atoms with Crippen molar-refractivity contribution in [3.8, 4) is 0 Å². The van der Waals surface area contributed by atoms with Gasteiger partial charge in [0.2, 0.25) is 0 Å². The molecule has 0 amide bonds. The summed E-state index contributed by atoms with van der Waals surface area (Å²) in [5.41, 5.74) is 2.37. The van der Waals surface area contributed by atoms with Crippen LogP contribution in [0, 0.1) is 0 Å². The summed E-state index contributed by atoms with van der Waals surface area (Å²) in [4.78, 5) is 22.6. The zero-order chi connectivity index (χ0) is 10.3. The van der Waals surface area contributed by atoms with E-state index >= 15 is 0 Å². The van der Waals surface area contributed by atoms with Crippen molar-refractivity contribution < 1.29 is 0 Å². The molecule has 15 heavy (non-hydrogen) atoms. The highest BCUT2D eigenvalue weighted by atomic mass is 16.1. The van der Waals surface area contributed by atoms with Gasteiger partial charge in [0.25, 0.3) is 0 Å². The van der Waals surface area contributed by atoms with Crippen molar-refractivity contribution >= 4 is 21.9 Å². The highest BCUT2D eigenvalue weighted by molar-refractivity contribution is 6.01. The van der Waals surface area contributed by atoms with Crippen LogP contribution in [0.25, 0.3) is 21.9 Å². The van der Waals surface area contributed by atoms with E-state index in [4.69, 9.17) is 0 Å². The molecule has 3 rings (SSSR count). The van der Waals surface area contributed by atoms with Gasteiger partial charge in [0.05, 0.1) is 22.7 Å². The van der Waals surface area contributed by atoms with E-state index in [0.29, 0.717) is 0 Å². The third-order valence-corrected chi connectivity index (χ3v) is 2.33. The first-order valence-corrected chi connectivity index (χ1v) is 4.57. The molecule has 4 heteroatoms. The largest absolute Gasteiger partial charge is 0.358 e. The number of nitrogens with one attached hydrogen (secondary N) is 1. The van der Waals surface area contributed by atoms with Gasteiger partial charge in [-0.15, -0.1) is 0 Å². The van der Waals surface area contributed by atoms with Gasteiger partial charge in [-0.1, -0.05) is 0 Å². The van der Waals surface area contributed by atoms with Crippen LogP contribution in [0.3, 0.4) is 0 Å². The summed E-state index contributed by atoms with van der Waals surface area (Å²) in [6.07, 6.45) is 4.74. The van der Waals surface area contributed by atoms with Crippen LogP contribution >= 0.6 is 0 Å². The van der Waals surface area contributed by atoms with E-state index in [1.54, 1.807) is 18.5 Å². The fraction of sp³-hybridized carbons (Fsp3) is 0. The van der Waals surface area contributed by atoms with Crippen molar-refractivity contribution in [3.05, 3.63) is 47.0 Å². The third-order valence-electron chi connectivity index (χ3n) is 2.33. The number of aromatic nitrogens is 3. The van der Waals surface area contributed by atoms with E-state index in [2.05, 4.69) is 15.0 Å². The first-order valence-electron chi connectivity index (χ1n) is 4.57. The summed E-state index contributed by atoms with van der Waals surface area (Å²) in [6, 6.07) is 5.34. The zero-order valence-electron chi connectivity index (χ0n) is 7.77. The van der Waals surface area contributed by atoms with Crippen molar-refractivity contribution in [1.82, 2.24) is 15.0 Å². The molecule has 0 radical (unpaired) electrons. The average Bonchev–Trinajstić information content (AvgIpc) is 2.29. The quantitative estimate of drug-likeness (QED) is 0.555. The molecule has 0 saturated heterocycles. The standard InChI is InChI=1S/C11H7N3O/c15-7-5-8-9(14-6-7)1-2-10-11(8)13-4-3-12-10/h1-6,12H. The predicted molar refractivity (Wildman–Crippen MR) is 57.7 cm³/mol. The molecule has 1 N–H and O–H groups in total. The fourth-order valence-electron chi connectivity index (χ4n) is 1.66. The van der Waals surface area contributed by atoms with Crippen LogP contribution in [-0.4, -0.2) is 15.0 Å². The van der Waals surface area contributed by atoms with Gasteiger partial charge in [-0.05, 0) is 18.2 Å². The second-order valence-corrected chi connectivity index (χ2v) is 3.29. The first-order chi connectivity index (χ1) is 7.34. The van der Waals surface area contributed by atoms with Crippen molar-refractivity contribution in [2.75, 3.05) is 0 Å². The lowest BCUT2D eigenvalue weighted by Gasteiger charge is -2.00. The molecule has 2 heterocycles. The maximum atomic E-state index is 11.2. The van der Waals surface area contributed by atoms with E-state index in [1.807, 2.05) is 12.1 Å². The van der Waals surface area contributed by atoms with Gasteiger partial charge < -0.3 is 4.98 Å². The molecule has 0 unspecified atom stereocenters. The number of H-pyrrole nitrogens is 1. The normalized spacial score (nSPS) is 10.9. The molecule has 3 aromatic rings. The smallest absolute Gasteiger partial charge is 0.197 e. The fourth-order valence-corrected chi connectivity index (χ4v) is 1.66. The molecule has 2 aromatic heterocycles. The van der Waals surface area contributed by atoms with Gasteiger partial charge in [-0.25, -0.2) is 0 Å². The number of rotatable bonds is 0. The number of aromatic amines is 1. The van der Waals surface area contributed by atoms with Gasteiger partial charge in [0, 0.05) is 17.8 Å². The van der Waals surface area contributed by atoms with Crippen LogP contribution in [0.15, 0.2) is 41.6 Å². The molecule has 0 aliphatic carbocycles. The lowest BCUT2D eigenvalue weighted by atomic mass is 10.2. The Bertz CT molecular complexity index is 703. The van der Waals surface area contributed by atoms with Crippen molar-refractivity contribution in [3.63, 3.8) is 0 Å². The van der Waals surface area contributed by atoms with Gasteiger partial charge in [0.1, 0.15) is 0 Å². The van der Waals surface area contributed by atoms with Crippen LogP contribution in [0.2, 0.25) is 0 Å². The summed E-state index contributed by atoms with van der Waals surface area (Å²) in [6.45, 7) is 0. The highest BCUT2D eigenvalue weighted by Crippen LogP contribution is 2.18. The molecule has 0 spiro atoms. The van der Waals surface area contributed by atoms with Gasteiger partial charge in [-0.3, -0.25) is 14.8 Å². The molecule has 0 aliphatic heterocycles. The molecular weight excluding hydrogens is 190 g/mol. The van der Waals surface area contributed by atoms with Crippen LogP contribution in [-0.2, 0) is 0 Å². The average molecular weight is 197 g/mol. The monoisotopic (exact) mass is 197 g/mol. The third kappa shape index (κ3) is 1.19. The lowest BCUT2D eigenvalue weighted by molar-refractivity contribution is 1.29. The molecule has 0 saturated carbocycles. The SMILES string of the molecule is O=c1cnc2ccc3[nH]ccnc3c2c1. The Morgan fingerprint density at radius 2 is 2.13 bits per heavy atom. The number of hydrogen-bond acceptors (Lipinski definition) is 3. The molecule has 0 atom stereocenters. The summed E-state index contributed by atoms with van der Waals surface area (Å²) < 4.78 is 0. The Morgan fingerprint density at radius 3 is 3.07 bits per heavy atom. The lowest BCUT2D eigenvalue weighted by Crippen LogP contribution is -1.98. The number of fused-ring (bicyclic) bond motifs is 3. The van der Waals surface area contributed by atoms with Crippen molar-refractivity contribution in [2.45, 2.75) is 0 Å². The van der Waals surface area contributed by atoms with Crippen molar-refractivity contribution in [2.24, 2.45) is 0 Å². The molecule has 0 fully saturated rings. The molecule has 72 valence electrons. The van der Waals surface area contributed by atoms with E-state index in [1.165, 1.54) is 6.20 Å². The highest BCUT2D eigenvalue weighted by Gasteiger charge is 2.02. The molecule has 1 aromatic carbocycles. The van der Waals surface area contributed by atoms with Crippen LogP contribution in [0.5, 0.6) is 0 Å². The van der Waals surface area contributed by atoms with E-state index in [9.17, 15) is 4.79 Å². The number of hydrogen-bond donors (Lipinski definition) is 1. The van der Waals surface area contributed by atoms with E-state index in [-0.39, 0.29) is 5.43 Å². The van der Waals surface area contributed by atoms with Crippen LogP contribution in [0.4, 0.5) is 0 Å². The van der Waals surface area contributed by atoms with Gasteiger partial charge >= 0.3 is 0 Å². The molecule has 4 nitrogen and oxygen atoms in total. The second-order valence-electron chi connectivity index (χ2n) is 3.29. The van der Waals surface area contributed by atoms with Crippen LogP contribution in [0.1, 0.15) is 0 Å². The minimum absolute atomic E-state index is 0.0966. The summed E-state index contributed by atoms with van der Waals surface area (Å²) in [5.74, 6) is 0. The Balaban J connectivity index is 2.63. The minimum Gasteiger partial charge on any atom is -0.358 e. The summed E-state index contributed by atoms with van der Waals surface area (Å²) >= 11 is 0. The van der Waals surface area contributed by atoms with Crippen molar-refractivity contribution in [1.29, 1.82) is 0 Å². The number of nitrogens with zero attached hydrogens (tertiary/aromatic N) is 2. The maximum Gasteiger partial charge on any atom is 0.197 e. The van der Waals surface area contributed by atoms with Gasteiger partial charge in [0.15, 0.2) is 5.43 Å². The molecule has 0 bridgehead atoms. The van der Waals surface area contributed by atoms with Crippen LogP contribution < -0.4 is 5.43 Å². The van der Waals surface area contributed by atoms with E-state index in [0.717, 1.165) is 21.9 Å². The Labute approximate surface area is 84.6 Å². The summed E-state index contributed by atoms with van der Waals surface area (Å²) in [5, 5.41) is 0.789. The predicted octanol–water partition coefficient (Wildman–Crippen LogP) is 1.47. The summed E-state index contributed by atoms with van der Waals surface area (Å²) in [7, 11) is 0. The number of pyridine rings is 1. The number of benzene rings is 1. The molecule has 0 aliphatic rings. The topological polar surface area (TPSA) is 58.6 Å². The Kier molecular flexibility index (Phi) is 1.56. The van der Waals surface area contributed by atoms with Gasteiger partial charge in [-0.2, -0.15) is 0 Å². The Hall–Kier alpha value is -2.23. The minimum atomic E-state index is -0.0966. The first kappa shape index (κ1) is 8.11. The second kappa shape index (κ2) is 2.88. The van der Waals surface area contributed by atoms with E-state index < -0.39 is 0 Å². The molecular formula is C11H7N3O.